The van der Waals surface area contributed by atoms with Gasteiger partial charge in [0.15, 0.2) is 0 Å². The number of ether oxygens (including phenoxy) is 2. The molecule has 0 aromatic carbocycles. The normalized spacial score (nSPS) is 13.4. The molecule has 0 rings (SSSR count). The monoisotopic (exact) mass is 505 g/mol. The molecule has 0 aromatic rings. The molecule has 165 valence electrons. The summed E-state index contributed by atoms with van der Waals surface area (Å²) in [4.78, 5) is 26.3. The fraction of sp³-hybridized carbons (Fsp3) is 0.913. The van der Waals surface area contributed by atoms with Crippen molar-refractivity contribution < 1.29 is 19.1 Å². The van der Waals surface area contributed by atoms with E-state index in [2.05, 4.69) is 32.6 Å². The van der Waals surface area contributed by atoms with Crippen LogP contribution in [0.5, 0.6) is 0 Å². The molecular weight excluding hydrogens is 459 g/mol. The van der Waals surface area contributed by atoms with Crippen LogP contribution in [0.1, 0.15) is 91.9 Å². The molecule has 5 heteroatoms. The van der Waals surface area contributed by atoms with Gasteiger partial charge in [0, 0.05) is 0 Å². The molecule has 0 heterocycles. The van der Waals surface area contributed by atoms with Crippen LogP contribution < -0.4 is 0 Å². The first-order valence-electron chi connectivity index (χ1n) is 11.6. The Morgan fingerprint density at radius 2 is 1.14 bits per heavy atom. The van der Waals surface area contributed by atoms with Gasteiger partial charge >= 0.3 is 182 Å². The van der Waals surface area contributed by atoms with Crippen molar-refractivity contribution >= 4 is 31.7 Å². The minimum absolute atomic E-state index is 0.0563. The third-order valence-electron chi connectivity index (χ3n) is 5.56. The Balaban J connectivity index is 3.88. The molecule has 2 unspecified atom stereocenters. The standard InChI is InChI=1S/2C11H21O2.CH3.Sn/c2*1-4-7-8-10(5-2)9-13-11(12)6-3;;/h2*10H,3-9H2,1-2H3;1H3;. The SMILES string of the molecule is CCCCC(CC)COC(=O)C[CH2][Sn]([CH3])[CH2]CC(=O)OCC(CC)CCCC. The number of carbonyl (C=O) groups excluding carboxylic acids is 2. The first-order chi connectivity index (χ1) is 13.5. The van der Waals surface area contributed by atoms with Crippen LogP contribution in [-0.4, -0.2) is 44.9 Å². The van der Waals surface area contributed by atoms with Crippen LogP contribution in [0.2, 0.25) is 13.8 Å². The Morgan fingerprint density at radius 3 is 1.46 bits per heavy atom. The van der Waals surface area contributed by atoms with Gasteiger partial charge in [-0.25, -0.2) is 0 Å². The second-order valence-corrected chi connectivity index (χ2v) is 16.5. The van der Waals surface area contributed by atoms with Gasteiger partial charge in [0.2, 0.25) is 0 Å². The molecule has 0 bridgehead atoms. The third kappa shape index (κ3) is 15.6. The van der Waals surface area contributed by atoms with Crippen molar-refractivity contribution in [3.05, 3.63) is 0 Å². The van der Waals surface area contributed by atoms with E-state index in [0.29, 0.717) is 37.9 Å². The molecule has 0 aliphatic heterocycles. The zero-order valence-electron chi connectivity index (χ0n) is 19.2. The predicted octanol–water partition coefficient (Wildman–Crippen LogP) is 6.41. The van der Waals surface area contributed by atoms with Crippen molar-refractivity contribution in [3.63, 3.8) is 0 Å². The molecule has 1 radical (unpaired) electrons. The van der Waals surface area contributed by atoms with Crippen molar-refractivity contribution in [3.8, 4) is 0 Å². The van der Waals surface area contributed by atoms with Crippen molar-refractivity contribution in [1.82, 2.24) is 0 Å². The summed E-state index contributed by atoms with van der Waals surface area (Å²) in [6.45, 7) is 9.85. The van der Waals surface area contributed by atoms with Gasteiger partial charge in [-0.15, -0.1) is 0 Å². The van der Waals surface area contributed by atoms with Crippen LogP contribution in [0.4, 0.5) is 0 Å². The molecule has 0 fully saturated rings. The van der Waals surface area contributed by atoms with E-state index in [1.165, 1.54) is 25.7 Å². The molecular formula is C23H45O4Sn. The van der Waals surface area contributed by atoms with E-state index < -0.39 is 19.8 Å². The summed E-state index contributed by atoms with van der Waals surface area (Å²) in [6.07, 6.45) is 10.3. The summed E-state index contributed by atoms with van der Waals surface area (Å²) in [5.74, 6) is 0.892. The molecule has 0 saturated carbocycles. The minimum atomic E-state index is -1.64. The maximum absolute atomic E-state index is 12.0. The van der Waals surface area contributed by atoms with Gasteiger partial charge in [0.1, 0.15) is 0 Å². The Bertz CT molecular complexity index is 364. The van der Waals surface area contributed by atoms with Crippen molar-refractivity contribution in [1.29, 1.82) is 0 Å². The number of carbonyl (C=O) groups is 2. The molecule has 0 saturated heterocycles. The van der Waals surface area contributed by atoms with Crippen molar-refractivity contribution in [2.75, 3.05) is 13.2 Å². The number of hydrogen-bond donors (Lipinski definition) is 0. The fourth-order valence-corrected chi connectivity index (χ4v) is 7.43. The van der Waals surface area contributed by atoms with E-state index in [4.69, 9.17) is 9.47 Å². The van der Waals surface area contributed by atoms with Gasteiger partial charge in [-0.1, -0.05) is 0 Å². The Kier molecular flexibility index (Phi) is 18.6. The molecule has 0 N–H and O–H groups in total. The quantitative estimate of drug-likeness (QED) is 0.160. The van der Waals surface area contributed by atoms with Gasteiger partial charge in [0.25, 0.3) is 0 Å². The fourth-order valence-electron chi connectivity index (χ4n) is 3.12. The first kappa shape index (κ1) is 27.7. The van der Waals surface area contributed by atoms with E-state index in [1.807, 2.05) is 0 Å². The van der Waals surface area contributed by atoms with Crippen LogP contribution in [0.25, 0.3) is 0 Å². The number of rotatable bonds is 18. The second-order valence-electron chi connectivity index (χ2n) is 8.16. The number of hydrogen-bond acceptors (Lipinski definition) is 4. The zero-order chi connectivity index (χ0) is 21.2. The van der Waals surface area contributed by atoms with Crippen LogP contribution in [0.15, 0.2) is 0 Å². The number of unbranched alkanes of at least 4 members (excludes halogenated alkanes) is 2. The van der Waals surface area contributed by atoms with E-state index in [-0.39, 0.29) is 11.9 Å². The van der Waals surface area contributed by atoms with Crippen LogP contribution >= 0.6 is 0 Å². The van der Waals surface area contributed by atoms with E-state index in [9.17, 15) is 9.59 Å². The van der Waals surface area contributed by atoms with E-state index >= 15 is 0 Å². The number of esters is 2. The Labute approximate surface area is 181 Å². The van der Waals surface area contributed by atoms with Crippen molar-refractivity contribution in [2.24, 2.45) is 11.8 Å². The van der Waals surface area contributed by atoms with Gasteiger partial charge in [-0.2, -0.15) is 0 Å². The molecule has 0 amide bonds. The summed E-state index contributed by atoms with van der Waals surface area (Å²) in [5.41, 5.74) is 0. The second kappa shape index (κ2) is 18.7. The molecule has 0 aliphatic carbocycles. The third-order valence-corrected chi connectivity index (χ3v) is 11.9. The average Bonchev–Trinajstić information content (AvgIpc) is 2.70. The Morgan fingerprint density at radius 1 is 0.750 bits per heavy atom. The van der Waals surface area contributed by atoms with Gasteiger partial charge < -0.3 is 0 Å². The maximum atomic E-state index is 12.0. The van der Waals surface area contributed by atoms with E-state index in [1.54, 1.807) is 0 Å². The molecule has 0 spiro atoms. The van der Waals surface area contributed by atoms with Gasteiger partial charge in [0.05, 0.1) is 0 Å². The topological polar surface area (TPSA) is 52.6 Å². The Hall–Kier alpha value is -0.261. The van der Waals surface area contributed by atoms with Gasteiger partial charge in [-0.3, -0.25) is 0 Å². The molecule has 2 atom stereocenters. The summed E-state index contributed by atoms with van der Waals surface area (Å²) < 4.78 is 12.9. The summed E-state index contributed by atoms with van der Waals surface area (Å²) in [5, 5.41) is 0. The average molecular weight is 504 g/mol. The van der Waals surface area contributed by atoms with Gasteiger partial charge in [-0.05, 0) is 0 Å². The first-order valence-corrected chi connectivity index (χ1v) is 18.5. The van der Waals surface area contributed by atoms with Crippen molar-refractivity contribution in [2.45, 2.75) is 106 Å². The summed E-state index contributed by atoms with van der Waals surface area (Å²) >= 11 is -1.64. The van der Waals surface area contributed by atoms with E-state index in [0.717, 1.165) is 34.6 Å². The summed E-state index contributed by atoms with van der Waals surface area (Å²) in [7, 11) is 0. The van der Waals surface area contributed by atoms with Crippen LogP contribution in [0, 0.1) is 11.8 Å². The predicted molar refractivity (Wildman–Crippen MR) is 119 cm³/mol. The molecule has 0 aliphatic rings. The summed E-state index contributed by atoms with van der Waals surface area (Å²) in [6, 6.07) is 0. The zero-order valence-corrected chi connectivity index (χ0v) is 22.0. The van der Waals surface area contributed by atoms with Crippen LogP contribution in [-0.2, 0) is 19.1 Å². The molecule has 28 heavy (non-hydrogen) atoms. The molecule has 0 aromatic heterocycles. The van der Waals surface area contributed by atoms with Crippen LogP contribution in [0.3, 0.4) is 0 Å². The molecule has 4 nitrogen and oxygen atoms in total.